The van der Waals surface area contributed by atoms with Gasteiger partial charge in [-0.05, 0) is 0 Å². The van der Waals surface area contributed by atoms with E-state index < -0.39 is 5.91 Å². The Labute approximate surface area is 149 Å². The highest BCUT2D eigenvalue weighted by atomic mass is 16.5. The number of hydrogen-bond donors (Lipinski definition) is 4. The summed E-state index contributed by atoms with van der Waals surface area (Å²) < 4.78 is 10.9. The molecule has 11 heteroatoms. The molecule has 0 aliphatic carbocycles. The molecule has 3 heterocycles. The van der Waals surface area contributed by atoms with Crippen LogP contribution in [0.4, 0.5) is 17.3 Å². The fourth-order valence-corrected chi connectivity index (χ4v) is 2.34. The van der Waals surface area contributed by atoms with Crippen LogP contribution in [-0.2, 0) is 4.74 Å². The van der Waals surface area contributed by atoms with E-state index in [4.69, 9.17) is 15.2 Å². The molecule has 0 aromatic carbocycles. The zero-order valence-corrected chi connectivity index (χ0v) is 14.2. The van der Waals surface area contributed by atoms with Gasteiger partial charge in [0.25, 0.3) is 11.8 Å². The lowest BCUT2D eigenvalue weighted by molar-refractivity contribution is 0.0372. The molecule has 26 heavy (non-hydrogen) atoms. The average Bonchev–Trinajstić information content (AvgIpc) is 2.68. The number of nitrogens with two attached hydrogens (primary N) is 1. The summed E-state index contributed by atoms with van der Waals surface area (Å²) in [6.45, 7) is 2.92. The largest absolute Gasteiger partial charge is 0.478 e. The maximum Gasteiger partial charge on any atom is 0.268 e. The number of morpholine rings is 1. The van der Waals surface area contributed by atoms with Crippen molar-refractivity contribution in [1.82, 2.24) is 25.5 Å². The molecule has 1 aliphatic rings. The number of anilines is 3. The number of nitrogens with one attached hydrogen (secondary N) is 3. The fraction of sp³-hybridized carbons (Fsp3) is 0.400. The molecule has 1 saturated heterocycles. The quantitative estimate of drug-likeness (QED) is 0.510. The molecule has 5 N–H and O–H groups in total. The molecule has 1 fully saturated rings. The Kier molecular flexibility index (Phi) is 5.71. The third-order valence-corrected chi connectivity index (χ3v) is 3.64. The summed E-state index contributed by atoms with van der Waals surface area (Å²) in [5.74, 6) is 0.575. The third kappa shape index (κ3) is 4.52. The van der Waals surface area contributed by atoms with E-state index in [1.54, 1.807) is 6.07 Å². The van der Waals surface area contributed by atoms with Gasteiger partial charge in [-0.3, -0.25) is 4.79 Å². The van der Waals surface area contributed by atoms with E-state index in [0.29, 0.717) is 36.4 Å². The van der Waals surface area contributed by atoms with Gasteiger partial charge in [0, 0.05) is 25.7 Å². The van der Waals surface area contributed by atoms with Crippen LogP contribution in [0.15, 0.2) is 18.5 Å². The first-order valence-electron chi connectivity index (χ1n) is 8.02. The van der Waals surface area contributed by atoms with Gasteiger partial charge in [0.05, 0.1) is 32.2 Å². The molecule has 2 aromatic heterocycles. The van der Waals surface area contributed by atoms with E-state index in [2.05, 4.69) is 36.1 Å². The van der Waals surface area contributed by atoms with Crippen LogP contribution in [0, 0.1) is 0 Å². The SMILES string of the molecule is COc1nnc(Nc2cnc(C(N)=O)cn2)cc1NC[C@@H]1CNCCO1. The van der Waals surface area contributed by atoms with Crippen LogP contribution in [0.3, 0.4) is 0 Å². The molecule has 0 saturated carbocycles. The fourth-order valence-electron chi connectivity index (χ4n) is 2.34. The highest BCUT2D eigenvalue weighted by Crippen LogP contribution is 2.24. The van der Waals surface area contributed by atoms with Crippen molar-refractivity contribution in [3.8, 4) is 5.88 Å². The Bertz CT molecular complexity index is 749. The van der Waals surface area contributed by atoms with E-state index >= 15 is 0 Å². The number of rotatable bonds is 7. The van der Waals surface area contributed by atoms with Crippen molar-refractivity contribution in [2.45, 2.75) is 6.10 Å². The number of ether oxygens (including phenoxy) is 2. The van der Waals surface area contributed by atoms with Crippen LogP contribution in [-0.4, -0.2) is 65.5 Å². The number of carbonyl (C=O) groups is 1. The number of nitrogens with zero attached hydrogens (tertiary/aromatic N) is 4. The molecule has 0 radical (unpaired) electrons. The Balaban J connectivity index is 1.68. The Morgan fingerprint density at radius 3 is 2.92 bits per heavy atom. The van der Waals surface area contributed by atoms with Crippen molar-refractivity contribution < 1.29 is 14.3 Å². The minimum Gasteiger partial charge on any atom is -0.478 e. The van der Waals surface area contributed by atoms with Crippen LogP contribution in [0.5, 0.6) is 5.88 Å². The second kappa shape index (κ2) is 8.36. The molecular weight excluding hydrogens is 340 g/mol. The molecule has 1 atom stereocenters. The average molecular weight is 360 g/mol. The molecule has 138 valence electrons. The predicted octanol–water partition coefficient (Wildman–Crippen LogP) is -0.482. The van der Waals surface area contributed by atoms with E-state index in [1.807, 2.05) is 0 Å². The summed E-state index contributed by atoms with van der Waals surface area (Å²) >= 11 is 0. The van der Waals surface area contributed by atoms with Crippen LogP contribution in [0.2, 0.25) is 0 Å². The lowest BCUT2D eigenvalue weighted by Gasteiger charge is -2.24. The van der Waals surface area contributed by atoms with E-state index in [0.717, 1.165) is 13.1 Å². The normalized spacial score (nSPS) is 16.7. The standard InChI is InChI=1S/C15H20N8O3/c1-25-15-10(18-6-9-5-17-2-3-26-9)4-12(22-23-15)21-13-8-19-11(7-20-13)14(16)24/h4,7-9,17H,2-3,5-6H2,1H3,(H2,16,24)(H2,18,20,21,22)/t9-/m0/s1. The first-order chi connectivity index (χ1) is 12.7. The summed E-state index contributed by atoms with van der Waals surface area (Å²) in [6.07, 6.45) is 2.74. The maximum atomic E-state index is 11.0. The number of primary amides is 1. The first-order valence-corrected chi connectivity index (χ1v) is 8.02. The second-order valence-electron chi connectivity index (χ2n) is 5.51. The van der Waals surface area contributed by atoms with Crippen molar-refractivity contribution in [3.05, 3.63) is 24.2 Å². The van der Waals surface area contributed by atoms with Crippen LogP contribution < -0.4 is 26.4 Å². The number of hydrogen-bond acceptors (Lipinski definition) is 10. The van der Waals surface area contributed by atoms with Gasteiger partial charge in [-0.1, -0.05) is 0 Å². The smallest absolute Gasteiger partial charge is 0.268 e. The van der Waals surface area contributed by atoms with Gasteiger partial charge >= 0.3 is 0 Å². The van der Waals surface area contributed by atoms with E-state index in [1.165, 1.54) is 19.5 Å². The van der Waals surface area contributed by atoms with Crippen LogP contribution >= 0.6 is 0 Å². The second-order valence-corrected chi connectivity index (χ2v) is 5.51. The molecule has 0 spiro atoms. The van der Waals surface area contributed by atoms with Gasteiger partial charge in [-0.2, -0.15) is 0 Å². The lowest BCUT2D eigenvalue weighted by atomic mass is 10.3. The minimum absolute atomic E-state index is 0.0604. The van der Waals surface area contributed by atoms with Gasteiger partial charge < -0.3 is 31.2 Å². The van der Waals surface area contributed by atoms with Crippen molar-refractivity contribution in [2.24, 2.45) is 5.73 Å². The summed E-state index contributed by atoms with van der Waals surface area (Å²) in [5.41, 5.74) is 5.89. The van der Waals surface area contributed by atoms with Crippen LogP contribution in [0.1, 0.15) is 10.5 Å². The van der Waals surface area contributed by atoms with Gasteiger partial charge in [0.15, 0.2) is 5.82 Å². The van der Waals surface area contributed by atoms with Crippen molar-refractivity contribution in [2.75, 3.05) is 44.0 Å². The van der Waals surface area contributed by atoms with Crippen LogP contribution in [0.25, 0.3) is 0 Å². The van der Waals surface area contributed by atoms with Gasteiger partial charge in [-0.15, -0.1) is 10.2 Å². The number of amides is 1. The van der Waals surface area contributed by atoms with Crippen molar-refractivity contribution in [1.29, 1.82) is 0 Å². The maximum absolute atomic E-state index is 11.0. The summed E-state index contributed by atoms with van der Waals surface area (Å²) in [7, 11) is 1.52. The highest BCUT2D eigenvalue weighted by molar-refractivity contribution is 5.90. The monoisotopic (exact) mass is 360 g/mol. The molecule has 0 bridgehead atoms. The Morgan fingerprint density at radius 2 is 2.27 bits per heavy atom. The van der Waals surface area contributed by atoms with Crippen molar-refractivity contribution >= 4 is 23.2 Å². The molecular formula is C15H20N8O3. The molecule has 2 aromatic rings. The zero-order valence-electron chi connectivity index (χ0n) is 14.2. The summed E-state index contributed by atoms with van der Waals surface area (Å²) in [5, 5.41) is 17.5. The summed E-state index contributed by atoms with van der Waals surface area (Å²) in [4.78, 5) is 19.0. The van der Waals surface area contributed by atoms with Gasteiger partial charge in [-0.25, -0.2) is 9.97 Å². The summed E-state index contributed by atoms with van der Waals surface area (Å²) in [6, 6.07) is 1.74. The highest BCUT2D eigenvalue weighted by Gasteiger charge is 2.15. The van der Waals surface area contributed by atoms with Gasteiger partial charge in [0.2, 0.25) is 0 Å². The number of carbonyl (C=O) groups excluding carboxylic acids is 1. The molecule has 0 unspecified atom stereocenters. The molecule has 1 aliphatic heterocycles. The number of aromatic nitrogens is 4. The van der Waals surface area contributed by atoms with E-state index in [9.17, 15) is 4.79 Å². The first kappa shape index (κ1) is 17.8. The molecule has 3 rings (SSSR count). The van der Waals surface area contributed by atoms with Crippen molar-refractivity contribution in [3.63, 3.8) is 0 Å². The van der Waals surface area contributed by atoms with Gasteiger partial charge in [0.1, 0.15) is 17.2 Å². The third-order valence-electron chi connectivity index (χ3n) is 3.64. The molecule has 1 amide bonds. The Hall–Kier alpha value is -3.05. The van der Waals surface area contributed by atoms with E-state index in [-0.39, 0.29) is 11.8 Å². The predicted molar refractivity (Wildman–Crippen MR) is 93.5 cm³/mol. The number of methoxy groups -OCH3 is 1. The molecule has 11 nitrogen and oxygen atoms in total. The topological polar surface area (TPSA) is 149 Å². The minimum atomic E-state index is -0.640. The zero-order chi connectivity index (χ0) is 18.4. The lowest BCUT2D eigenvalue weighted by Crippen LogP contribution is -2.42. The Morgan fingerprint density at radius 1 is 1.38 bits per heavy atom.